The van der Waals surface area contributed by atoms with Crippen LogP contribution < -0.4 is 20.9 Å². The minimum Gasteiger partial charge on any atom is -0.491 e. The van der Waals surface area contributed by atoms with Crippen molar-refractivity contribution in [3.63, 3.8) is 0 Å². The van der Waals surface area contributed by atoms with E-state index in [1.54, 1.807) is 0 Å². The summed E-state index contributed by atoms with van der Waals surface area (Å²) in [6.07, 6.45) is 0. The number of methoxy groups -OCH3 is 1. The van der Waals surface area contributed by atoms with Crippen molar-refractivity contribution in [1.29, 1.82) is 0 Å². The van der Waals surface area contributed by atoms with Gasteiger partial charge in [0.25, 0.3) is 10.9 Å². The summed E-state index contributed by atoms with van der Waals surface area (Å²) in [6, 6.07) is 0.127. The number of anilines is 1. The maximum atomic E-state index is 10.9. The second-order valence-electron chi connectivity index (χ2n) is 2.87. The molecule has 0 spiro atoms. The molecule has 0 amide bonds. The van der Waals surface area contributed by atoms with Crippen LogP contribution in [-0.4, -0.2) is 13.2 Å². The minimum atomic E-state index is -0.541. The Hall–Kier alpha value is -1.32. The molecule has 0 radical (unpaired) electrons. The molecule has 4 nitrogen and oxygen atoms in total. The van der Waals surface area contributed by atoms with Gasteiger partial charge in [0.1, 0.15) is 5.69 Å². The lowest BCUT2D eigenvalue weighted by Crippen LogP contribution is -2.36. The standard InChI is InChI=1S/C8H11NO3/c1-4(2)9-5-6(10)7(11)8(5)12-3/h4,9H,1-3H3. The van der Waals surface area contributed by atoms with E-state index in [9.17, 15) is 9.59 Å². The molecule has 0 bridgehead atoms. The first-order chi connectivity index (χ1) is 5.57. The lowest BCUT2D eigenvalue weighted by molar-refractivity contribution is 0.407. The van der Waals surface area contributed by atoms with E-state index in [0.29, 0.717) is 5.69 Å². The maximum absolute atomic E-state index is 10.9. The van der Waals surface area contributed by atoms with E-state index in [-0.39, 0.29) is 11.8 Å². The largest absolute Gasteiger partial charge is 0.491 e. The van der Waals surface area contributed by atoms with Gasteiger partial charge in [0.15, 0.2) is 5.75 Å². The lowest BCUT2D eigenvalue weighted by atomic mass is 10.2. The number of ether oxygens (including phenoxy) is 1. The van der Waals surface area contributed by atoms with E-state index >= 15 is 0 Å². The Bertz CT molecular complexity index is 347. The molecule has 1 N–H and O–H groups in total. The summed E-state index contributed by atoms with van der Waals surface area (Å²) in [7, 11) is 1.38. The van der Waals surface area contributed by atoms with Crippen LogP contribution in [0.25, 0.3) is 0 Å². The van der Waals surface area contributed by atoms with Gasteiger partial charge < -0.3 is 10.1 Å². The van der Waals surface area contributed by atoms with Gasteiger partial charge in [-0.3, -0.25) is 9.59 Å². The third-order valence-corrected chi connectivity index (χ3v) is 1.50. The van der Waals surface area contributed by atoms with Gasteiger partial charge in [0.05, 0.1) is 7.11 Å². The average Bonchev–Trinajstić information content (AvgIpc) is 2.03. The number of hydrogen-bond acceptors (Lipinski definition) is 4. The molecular weight excluding hydrogens is 158 g/mol. The molecule has 1 rings (SSSR count). The van der Waals surface area contributed by atoms with Crippen molar-refractivity contribution in [2.75, 3.05) is 12.4 Å². The van der Waals surface area contributed by atoms with Gasteiger partial charge in [0.2, 0.25) is 0 Å². The molecule has 0 heterocycles. The van der Waals surface area contributed by atoms with Gasteiger partial charge >= 0.3 is 0 Å². The van der Waals surface area contributed by atoms with Crippen LogP contribution >= 0.6 is 0 Å². The average molecular weight is 169 g/mol. The molecule has 12 heavy (non-hydrogen) atoms. The molecule has 0 aliphatic heterocycles. The van der Waals surface area contributed by atoms with Crippen LogP contribution in [0.15, 0.2) is 9.59 Å². The summed E-state index contributed by atoms with van der Waals surface area (Å²) in [5.41, 5.74) is -0.723. The lowest BCUT2D eigenvalue weighted by Gasteiger charge is -2.13. The fourth-order valence-corrected chi connectivity index (χ4v) is 0.985. The van der Waals surface area contributed by atoms with Crippen LogP contribution in [0.2, 0.25) is 0 Å². The molecule has 0 atom stereocenters. The highest BCUT2D eigenvalue weighted by molar-refractivity contribution is 5.62. The van der Waals surface area contributed by atoms with E-state index in [1.165, 1.54) is 7.11 Å². The van der Waals surface area contributed by atoms with E-state index in [0.717, 1.165) is 0 Å². The molecular formula is C8H11NO3. The first-order valence-electron chi connectivity index (χ1n) is 3.71. The summed E-state index contributed by atoms with van der Waals surface area (Å²) in [5.74, 6) is 0.147. The Morgan fingerprint density at radius 2 is 1.83 bits per heavy atom. The molecule has 1 aromatic carbocycles. The van der Waals surface area contributed by atoms with Crippen molar-refractivity contribution in [2.45, 2.75) is 19.9 Å². The Morgan fingerprint density at radius 3 is 2.25 bits per heavy atom. The molecule has 0 aliphatic rings. The first-order valence-corrected chi connectivity index (χ1v) is 3.71. The van der Waals surface area contributed by atoms with E-state index < -0.39 is 10.9 Å². The quantitative estimate of drug-likeness (QED) is 0.652. The smallest absolute Gasteiger partial charge is 0.271 e. The minimum absolute atomic E-state index is 0.127. The number of rotatable bonds is 3. The summed E-state index contributed by atoms with van der Waals surface area (Å²) >= 11 is 0. The molecule has 4 heteroatoms. The molecule has 0 saturated heterocycles. The highest BCUT2D eigenvalue weighted by Gasteiger charge is 2.21. The van der Waals surface area contributed by atoms with E-state index in [2.05, 4.69) is 5.32 Å². The normalized spacial score (nSPS) is 10.7. The number of nitrogens with one attached hydrogen (secondary N) is 1. The third kappa shape index (κ3) is 1.20. The van der Waals surface area contributed by atoms with Crippen molar-refractivity contribution >= 4 is 5.69 Å². The second kappa shape index (κ2) is 2.97. The fourth-order valence-electron chi connectivity index (χ4n) is 0.985. The van der Waals surface area contributed by atoms with Crippen LogP contribution in [0.5, 0.6) is 5.75 Å². The molecule has 66 valence electrons. The van der Waals surface area contributed by atoms with Crippen LogP contribution in [0.3, 0.4) is 0 Å². The van der Waals surface area contributed by atoms with Crippen molar-refractivity contribution in [3.05, 3.63) is 20.4 Å². The zero-order valence-electron chi connectivity index (χ0n) is 7.30. The highest BCUT2D eigenvalue weighted by atomic mass is 16.5. The van der Waals surface area contributed by atoms with Gasteiger partial charge in [-0.05, 0) is 13.8 Å². The van der Waals surface area contributed by atoms with Crippen molar-refractivity contribution in [1.82, 2.24) is 0 Å². The van der Waals surface area contributed by atoms with Gasteiger partial charge in [-0.15, -0.1) is 0 Å². The Kier molecular flexibility index (Phi) is 2.17. The third-order valence-electron chi connectivity index (χ3n) is 1.50. The molecule has 0 unspecified atom stereocenters. The van der Waals surface area contributed by atoms with E-state index in [1.807, 2.05) is 13.8 Å². The molecule has 0 aliphatic carbocycles. The predicted molar refractivity (Wildman–Crippen MR) is 46.7 cm³/mol. The van der Waals surface area contributed by atoms with Crippen molar-refractivity contribution in [3.8, 4) is 5.75 Å². The Balaban J connectivity index is 2.94. The monoisotopic (exact) mass is 169 g/mol. The zero-order valence-corrected chi connectivity index (χ0v) is 7.30. The predicted octanol–water partition coefficient (Wildman–Crippen LogP) is 0.111. The number of hydrogen-bond donors (Lipinski definition) is 1. The van der Waals surface area contributed by atoms with Gasteiger partial charge in [-0.25, -0.2) is 0 Å². The first kappa shape index (κ1) is 8.77. The molecule has 0 aromatic heterocycles. The topological polar surface area (TPSA) is 55.4 Å². The second-order valence-corrected chi connectivity index (χ2v) is 2.87. The van der Waals surface area contributed by atoms with Gasteiger partial charge in [-0.1, -0.05) is 0 Å². The van der Waals surface area contributed by atoms with E-state index in [4.69, 9.17) is 4.74 Å². The summed E-state index contributed by atoms with van der Waals surface area (Å²) in [5, 5.41) is 2.84. The summed E-state index contributed by atoms with van der Waals surface area (Å²) < 4.78 is 4.73. The highest BCUT2D eigenvalue weighted by Crippen LogP contribution is 2.16. The van der Waals surface area contributed by atoms with Gasteiger partial charge in [-0.2, -0.15) is 0 Å². The van der Waals surface area contributed by atoms with Gasteiger partial charge in [0, 0.05) is 6.04 Å². The molecule has 1 aromatic rings. The summed E-state index contributed by atoms with van der Waals surface area (Å²) in [4.78, 5) is 21.7. The van der Waals surface area contributed by atoms with Crippen LogP contribution in [0.1, 0.15) is 13.8 Å². The zero-order chi connectivity index (χ0) is 9.30. The summed E-state index contributed by atoms with van der Waals surface area (Å²) in [6.45, 7) is 3.77. The Morgan fingerprint density at radius 1 is 1.25 bits per heavy atom. The van der Waals surface area contributed by atoms with Crippen LogP contribution in [0, 0.1) is 0 Å². The maximum Gasteiger partial charge on any atom is 0.271 e. The fraction of sp³-hybridized carbons (Fsp3) is 0.500. The molecule has 0 saturated carbocycles. The SMILES string of the molecule is COc1c(NC(C)C)c(=O)c1=O. The Labute approximate surface area is 69.9 Å². The van der Waals surface area contributed by atoms with Crippen molar-refractivity contribution < 1.29 is 4.74 Å². The van der Waals surface area contributed by atoms with Crippen LogP contribution in [0.4, 0.5) is 5.69 Å². The van der Waals surface area contributed by atoms with Crippen molar-refractivity contribution in [2.24, 2.45) is 0 Å². The molecule has 0 fully saturated rings. The van der Waals surface area contributed by atoms with Crippen LogP contribution in [-0.2, 0) is 0 Å².